The molecule has 0 bridgehead atoms. The van der Waals surface area contributed by atoms with E-state index in [-0.39, 0.29) is 6.04 Å². The molecule has 0 aliphatic carbocycles. The van der Waals surface area contributed by atoms with E-state index in [0.717, 1.165) is 10.9 Å². The maximum Gasteiger partial charge on any atom is 0.0323 e. The second-order valence-corrected chi connectivity index (χ2v) is 4.83. The average Bonchev–Trinajstić information content (AvgIpc) is 2.15. The maximum absolute atomic E-state index is 6.18. The molecule has 1 rings (SSSR count). The van der Waals surface area contributed by atoms with Gasteiger partial charge in [0.2, 0.25) is 0 Å². The summed E-state index contributed by atoms with van der Waals surface area (Å²) in [6.07, 6.45) is 1.12. The Morgan fingerprint density at radius 3 is 2.57 bits per heavy atom. The van der Waals surface area contributed by atoms with E-state index in [1.165, 1.54) is 11.1 Å². The monoisotopic (exact) mass is 255 g/mol. The molecule has 2 N–H and O–H groups in total. The summed E-state index contributed by atoms with van der Waals surface area (Å²) in [7, 11) is 0. The molecule has 1 aromatic rings. The van der Waals surface area contributed by atoms with Crippen LogP contribution in [0, 0.1) is 12.8 Å². The van der Waals surface area contributed by atoms with Crippen molar-refractivity contribution in [3.05, 3.63) is 33.8 Å². The number of nitrogens with two attached hydrogens (primary N) is 1. The van der Waals surface area contributed by atoms with Crippen LogP contribution in [-0.2, 0) is 0 Å². The first-order valence-corrected chi connectivity index (χ1v) is 5.87. The number of aryl methyl sites for hydroxylation is 1. The van der Waals surface area contributed by atoms with Gasteiger partial charge in [-0.05, 0) is 36.1 Å². The van der Waals surface area contributed by atoms with Gasteiger partial charge in [0.25, 0.3) is 0 Å². The minimum atomic E-state index is 0.160. The Labute approximate surface area is 94.8 Å². The molecule has 0 heterocycles. The van der Waals surface area contributed by atoms with Crippen LogP contribution in [0.25, 0.3) is 0 Å². The first-order chi connectivity index (χ1) is 6.56. The number of halogens is 1. The van der Waals surface area contributed by atoms with E-state index < -0.39 is 0 Å². The molecule has 2 atom stereocenters. The molecule has 0 fully saturated rings. The fraction of sp³-hybridized carbons (Fsp3) is 0.500. The van der Waals surface area contributed by atoms with Crippen LogP contribution in [0.2, 0.25) is 0 Å². The Balaban J connectivity index is 2.95. The van der Waals surface area contributed by atoms with E-state index in [0.29, 0.717) is 5.92 Å². The van der Waals surface area contributed by atoms with Crippen LogP contribution in [0.1, 0.15) is 37.4 Å². The highest BCUT2D eigenvalue weighted by Gasteiger charge is 2.14. The summed E-state index contributed by atoms with van der Waals surface area (Å²) in [6, 6.07) is 6.46. The van der Waals surface area contributed by atoms with Crippen LogP contribution in [-0.4, -0.2) is 0 Å². The molecular weight excluding hydrogens is 238 g/mol. The molecule has 1 nitrogen and oxygen atoms in total. The molecule has 0 spiro atoms. The highest BCUT2D eigenvalue weighted by molar-refractivity contribution is 9.10. The molecule has 0 saturated heterocycles. The van der Waals surface area contributed by atoms with E-state index in [2.05, 4.69) is 54.9 Å². The van der Waals surface area contributed by atoms with Crippen molar-refractivity contribution in [3.8, 4) is 0 Å². The lowest BCUT2D eigenvalue weighted by atomic mass is 9.91. The van der Waals surface area contributed by atoms with Gasteiger partial charge in [0, 0.05) is 10.5 Å². The molecule has 78 valence electrons. The van der Waals surface area contributed by atoms with Crippen LogP contribution in [0.4, 0.5) is 0 Å². The molecule has 2 unspecified atom stereocenters. The minimum absolute atomic E-state index is 0.160. The number of rotatable bonds is 3. The van der Waals surface area contributed by atoms with E-state index in [1.807, 2.05) is 0 Å². The van der Waals surface area contributed by atoms with Crippen molar-refractivity contribution < 1.29 is 0 Å². The van der Waals surface area contributed by atoms with Crippen LogP contribution < -0.4 is 5.73 Å². The predicted octanol–water partition coefficient (Wildman–Crippen LogP) is 3.80. The van der Waals surface area contributed by atoms with Gasteiger partial charge in [-0.1, -0.05) is 42.3 Å². The summed E-state index contributed by atoms with van der Waals surface area (Å²) in [5.41, 5.74) is 8.72. The number of hydrogen-bond donors (Lipinski definition) is 1. The van der Waals surface area contributed by atoms with Crippen LogP contribution in [0.3, 0.4) is 0 Å². The van der Waals surface area contributed by atoms with Crippen molar-refractivity contribution in [3.63, 3.8) is 0 Å². The third-order valence-corrected chi connectivity index (χ3v) is 3.34. The van der Waals surface area contributed by atoms with Crippen molar-refractivity contribution in [1.82, 2.24) is 0 Å². The van der Waals surface area contributed by atoms with Gasteiger partial charge in [-0.3, -0.25) is 0 Å². The van der Waals surface area contributed by atoms with E-state index >= 15 is 0 Å². The molecule has 0 aliphatic rings. The summed E-state index contributed by atoms with van der Waals surface area (Å²) < 4.78 is 1.12. The smallest absolute Gasteiger partial charge is 0.0323 e. The zero-order valence-corrected chi connectivity index (χ0v) is 10.6. The Kier molecular flexibility index (Phi) is 4.14. The lowest BCUT2D eigenvalue weighted by Crippen LogP contribution is -2.19. The second-order valence-electron chi connectivity index (χ2n) is 3.91. The normalized spacial score (nSPS) is 15.2. The molecule has 0 amide bonds. The quantitative estimate of drug-likeness (QED) is 0.874. The SMILES string of the molecule is CCC(C)C(N)c1ccc(Br)cc1C. The molecule has 0 saturated carbocycles. The van der Waals surface area contributed by atoms with Crippen molar-refractivity contribution in [1.29, 1.82) is 0 Å². The fourth-order valence-corrected chi connectivity index (χ4v) is 2.05. The topological polar surface area (TPSA) is 26.0 Å². The average molecular weight is 256 g/mol. The minimum Gasteiger partial charge on any atom is -0.324 e. The van der Waals surface area contributed by atoms with E-state index in [1.54, 1.807) is 0 Å². The molecular formula is C12H18BrN. The largest absolute Gasteiger partial charge is 0.324 e. The van der Waals surface area contributed by atoms with Gasteiger partial charge in [0.1, 0.15) is 0 Å². The van der Waals surface area contributed by atoms with Gasteiger partial charge < -0.3 is 5.73 Å². The lowest BCUT2D eigenvalue weighted by Gasteiger charge is -2.20. The maximum atomic E-state index is 6.18. The van der Waals surface area contributed by atoms with Crippen LogP contribution in [0.15, 0.2) is 22.7 Å². The molecule has 0 radical (unpaired) electrons. The molecule has 0 aliphatic heterocycles. The van der Waals surface area contributed by atoms with Crippen LogP contribution >= 0.6 is 15.9 Å². The standard InChI is InChI=1S/C12H18BrN/c1-4-8(2)12(14)11-6-5-10(13)7-9(11)3/h5-8,12H,4,14H2,1-3H3. The fourth-order valence-electron chi connectivity index (χ4n) is 1.57. The summed E-state index contributed by atoms with van der Waals surface area (Å²) >= 11 is 3.46. The Morgan fingerprint density at radius 2 is 2.07 bits per heavy atom. The summed E-state index contributed by atoms with van der Waals surface area (Å²) in [4.78, 5) is 0. The molecule has 1 aromatic carbocycles. The second kappa shape index (κ2) is 4.94. The van der Waals surface area contributed by atoms with Gasteiger partial charge >= 0.3 is 0 Å². The molecule has 14 heavy (non-hydrogen) atoms. The third-order valence-electron chi connectivity index (χ3n) is 2.85. The van der Waals surface area contributed by atoms with Crippen molar-refractivity contribution >= 4 is 15.9 Å². The first-order valence-electron chi connectivity index (χ1n) is 5.08. The Hall–Kier alpha value is -0.340. The van der Waals surface area contributed by atoms with E-state index in [4.69, 9.17) is 5.73 Å². The Morgan fingerprint density at radius 1 is 1.43 bits per heavy atom. The Bertz CT molecular complexity index is 309. The highest BCUT2D eigenvalue weighted by Crippen LogP contribution is 2.26. The summed E-state index contributed by atoms with van der Waals surface area (Å²) in [5.74, 6) is 0.537. The van der Waals surface area contributed by atoms with Gasteiger partial charge in [-0.15, -0.1) is 0 Å². The lowest BCUT2D eigenvalue weighted by molar-refractivity contribution is 0.455. The van der Waals surface area contributed by atoms with Crippen LogP contribution in [0.5, 0.6) is 0 Å². The van der Waals surface area contributed by atoms with Gasteiger partial charge in [-0.25, -0.2) is 0 Å². The number of hydrogen-bond acceptors (Lipinski definition) is 1. The van der Waals surface area contributed by atoms with Gasteiger partial charge in [-0.2, -0.15) is 0 Å². The zero-order chi connectivity index (χ0) is 10.7. The van der Waals surface area contributed by atoms with Crippen molar-refractivity contribution in [2.24, 2.45) is 11.7 Å². The predicted molar refractivity (Wildman–Crippen MR) is 65.3 cm³/mol. The first kappa shape index (κ1) is 11.7. The van der Waals surface area contributed by atoms with Crippen molar-refractivity contribution in [2.75, 3.05) is 0 Å². The summed E-state index contributed by atoms with van der Waals surface area (Å²) in [6.45, 7) is 6.49. The van der Waals surface area contributed by atoms with E-state index in [9.17, 15) is 0 Å². The molecule has 0 aromatic heterocycles. The third kappa shape index (κ3) is 2.58. The zero-order valence-electron chi connectivity index (χ0n) is 9.05. The summed E-state index contributed by atoms with van der Waals surface area (Å²) in [5, 5.41) is 0. The van der Waals surface area contributed by atoms with Gasteiger partial charge in [0.15, 0.2) is 0 Å². The number of benzene rings is 1. The highest BCUT2D eigenvalue weighted by atomic mass is 79.9. The van der Waals surface area contributed by atoms with Gasteiger partial charge in [0.05, 0.1) is 0 Å². The molecule has 2 heteroatoms. The van der Waals surface area contributed by atoms with Crippen molar-refractivity contribution in [2.45, 2.75) is 33.2 Å².